The Hall–Kier alpha value is -1.01. The van der Waals surface area contributed by atoms with Crippen molar-refractivity contribution < 1.29 is 4.79 Å². The summed E-state index contributed by atoms with van der Waals surface area (Å²) in [6.45, 7) is 8.41. The molecule has 0 radical (unpaired) electrons. The Morgan fingerprint density at radius 1 is 1.53 bits per heavy atom. The second kappa shape index (κ2) is 5.77. The topological polar surface area (TPSA) is 55.1 Å². The lowest BCUT2D eigenvalue weighted by Crippen LogP contribution is -2.40. The number of terminal acetylenes is 1. The summed E-state index contributed by atoms with van der Waals surface area (Å²) in [6, 6.07) is -0.230. The van der Waals surface area contributed by atoms with Crippen molar-refractivity contribution in [3.8, 4) is 12.3 Å². The van der Waals surface area contributed by atoms with E-state index in [1.54, 1.807) is 6.92 Å². The monoisotopic (exact) mass is 210 g/mol. The Balaban J connectivity index is 4.30. The van der Waals surface area contributed by atoms with Gasteiger partial charge in [0.2, 0.25) is 5.91 Å². The van der Waals surface area contributed by atoms with Crippen LogP contribution >= 0.6 is 0 Å². The number of nitrogens with one attached hydrogen (secondary N) is 1. The molecule has 86 valence electrons. The van der Waals surface area contributed by atoms with Gasteiger partial charge in [0.05, 0.1) is 12.0 Å². The van der Waals surface area contributed by atoms with Crippen LogP contribution in [0.15, 0.2) is 0 Å². The molecule has 0 rings (SSSR count). The molecule has 0 saturated heterocycles. The molecule has 0 spiro atoms. The highest BCUT2D eigenvalue weighted by molar-refractivity contribution is 5.79. The predicted octanol–water partition coefficient (Wildman–Crippen LogP) is 1.14. The molecule has 0 aromatic carbocycles. The van der Waals surface area contributed by atoms with Crippen molar-refractivity contribution in [3.63, 3.8) is 0 Å². The first-order valence-electron chi connectivity index (χ1n) is 5.26. The number of amides is 1. The Bertz CT molecular complexity index is 247. The quantitative estimate of drug-likeness (QED) is 0.684. The first-order chi connectivity index (χ1) is 6.80. The molecule has 0 saturated carbocycles. The zero-order chi connectivity index (χ0) is 12.1. The highest BCUT2D eigenvalue weighted by Gasteiger charge is 2.24. The van der Waals surface area contributed by atoms with Crippen LogP contribution in [0.3, 0.4) is 0 Å². The normalized spacial score (nSPS) is 15.2. The van der Waals surface area contributed by atoms with Crippen molar-refractivity contribution >= 4 is 5.91 Å². The molecule has 0 bridgehead atoms. The van der Waals surface area contributed by atoms with Crippen molar-refractivity contribution in [1.82, 2.24) is 5.32 Å². The standard InChI is InChI=1S/C12H22N2O/c1-6-9(2)14-11(15)10(8-13)7-12(3,4)5/h1,9-10H,7-8,13H2,2-5H3,(H,14,15). The molecule has 0 aliphatic carbocycles. The first kappa shape index (κ1) is 14.0. The molecule has 2 unspecified atom stereocenters. The van der Waals surface area contributed by atoms with Gasteiger partial charge >= 0.3 is 0 Å². The van der Waals surface area contributed by atoms with Crippen LogP contribution in [-0.2, 0) is 4.79 Å². The summed E-state index contributed by atoms with van der Waals surface area (Å²) in [5.41, 5.74) is 5.68. The van der Waals surface area contributed by atoms with Crippen LogP contribution in [-0.4, -0.2) is 18.5 Å². The van der Waals surface area contributed by atoms with E-state index in [0.717, 1.165) is 6.42 Å². The largest absolute Gasteiger partial charge is 0.342 e. The van der Waals surface area contributed by atoms with Gasteiger partial charge in [0.25, 0.3) is 0 Å². The number of nitrogens with two attached hydrogens (primary N) is 1. The van der Waals surface area contributed by atoms with Crippen molar-refractivity contribution in [2.45, 2.75) is 40.2 Å². The van der Waals surface area contributed by atoms with E-state index in [1.807, 2.05) is 0 Å². The summed E-state index contributed by atoms with van der Waals surface area (Å²) in [5, 5.41) is 2.75. The highest BCUT2D eigenvalue weighted by atomic mass is 16.1. The Morgan fingerprint density at radius 3 is 2.40 bits per heavy atom. The molecule has 3 nitrogen and oxygen atoms in total. The average Bonchev–Trinajstić information content (AvgIpc) is 2.12. The molecule has 0 aromatic heterocycles. The number of rotatable bonds is 4. The molecule has 1 amide bonds. The summed E-state index contributed by atoms with van der Waals surface area (Å²) in [5.74, 6) is 2.27. The van der Waals surface area contributed by atoms with E-state index in [-0.39, 0.29) is 23.3 Å². The van der Waals surface area contributed by atoms with Gasteiger partial charge in [-0.05, 0) is 18.8 Å². The van der Waals surface area contributed by atoms with E-state index in [1.165, 1.54) is 0 Å². The van der Waals surface area contributed by atoms with Gasteiger partial charge in [0, 0.05) is 6.54 Å². The Morgan fingerprint density at radius 2 is 2.07 bits per heavy atom. The van der Waals surface area contributed by atoms with Crippen molar-refractivity contribution in [3.05, 3.63) is 0 Å². The van der Waals surface area contributed by atoms with Crippen LogP contribution in [0.4, 0.5) is 0 Å². The molecule has 0 aliphatic heterocycles. The van der Waals surface area contributed by atoms with Crippen molar-refractivity contribution in [2.24, 2.45) is 17.1 Å². The second-order valence-electron chi connectivity index (χ2n) is 5.09. The van der Waals surface area contributed by atoms with Gasteiger partial charge in [-0.3, -0.25) is 4.79 Å². The first-order valence-corrected chi connectivity index (χ1v) is 5.26. The summed E-state index contributed by atoms with van der Waals surface area (Å²) in [6.07, 6.45) is 5.96. The molecular formula is C12H22N2O. The fourth-order valence-electron chi connectivity index (χ4n) is 1.40. The molecule has 2 atom stereocenters. The number of hydrogen-bond acceptors (Lipinski definition) is 2. The fraction of sp³-hybridized carbons (Fsp3) is 0.750. The summed E-state index contributed by atoms with van der Waals surface area (Å²) < 4.78 is 0. The third-order valence-corrected chi connectivity index (χ3v) is 2.12. The van der Waals surface area contributed by atoms with E-state index in [9.17, 15) is 4.79 Å². The summed E-state index contributed by atoms with van der Waals surface area (Å²) in [7, 11) is 0. The molecule has 0 heterocycles. The van der Waals surface area contributed by atoms with Crippen LogP contribution in [0, 0.1) is 23.7 Å². The van der Waals surface area contributed by atoms with Crippen LogP contribution in [0.25, 0.3) is 0 Å². The van der Waals surface area contributed by atoms with E-state index < -0.39 is 0 Å². The number of carbonyl (C=O) groups excluding carboxylic acids is 1. The molecule has 0 aliphatic rings. The maximum absolute atomic E-state index is 11.7. The number of carbonyl (C=O) groups is 1. The Kier molecular flexibility index (Phi) is 5.38. The zero-order valence-electron chi connectivity index (χ0n) is 10.1. The average molecular weight is 210 g/mol. The van der Waals surface area contributed by atoms with E-state index in [4.69, 9.17) is 12.2 Å². The molecule has 15 heavy (non-hydrogen) atoms. The summed E-state index contributed by atoms with van der Waals surface area (Å²) >= 11 is 0. The van der Waals surface area contributed by atoms with Gasteiger partial charge < -0.3 is 11.1 Å². The third-order valence-electron chi connectivity index (χ3n) is 2.12. The minimum Gasteiger partial charge on any atom is -0.342 e. The van der Waals surface area contributed by atoms with Crippen molar-refractivity contribution in [1.29, 1.82) is 0 Å². The lowest BCUT2D eigenvalue weighted by molar-refractivity contribution is -0.125. The smallest absolute Gasteiger partial charge is 0.225 e. The van der Waals surface area contributed by atoms with Gasteiger partial charge in [-0.2, -0.15) is 0 Å². The van der Waals surface area contributed by atoms with E-state index >= 15 is 0 Å². The zero-order valence-corrected chi connectivity index (χ0v) is 10.1. The van der Waals surface area contributed by atoms with Crippen LogP contribution < -0.4 is 11.1 Å². The maximum atomic E-state index is 11.7. The summed E-state index contributed by atoms with van der Waals surface area (Å²) in [4.78, 5) is 11.7. The van der Waals surface area contributed by atoms with Gasteiger partial charge in [-0.15, -0.1) is 6.42 Å². The second-order valence-corrected chi connectivity index (χ2v) is 5.09. The van der Waals surface area contributed by atoms with E-state index in [2.05, 4.69) is 32.0 Å². The van der Waals surface area contributed by atoms with Crippen LogP contribution in [0.1, 0.15) is 34.1 Å². The van der Waals surface area contributed by atoms with Gasteiger partial charge in [-0.1, -0.05) is 26.7 Å². The molecule has 3 heteroatoms. The predicted molar refractivity (Wildman–Crippen MR) is 63.1 cm³/mol. The number of hydrogen-bond donors (Lipinski definition) is 2. The SMILES string of the molecule is C#CC(C)NC(=O)C(CN)CC(C)(C)C. The highest BCUT2D eigenvalue weighted by Crippen LogP contribution is 2.23. The fourth-order valence-corrected chi connectivity index (χ4v) is 1.40. The van der Waals surface area contributed by atoms with Gasteiger partial charge in [0.1, 0.15) is 0 Å². The maximum Gasteiger partial charge on any atom is 0.225 e. The molecule has 0 aromatic rings. The van der Waals surface area contributed by atoms with Crippen LogP contribution in [0.5, 0.6) is 0 Å². The molecule has 0 fully saturated rings. The van der Waals surface area contributed by atoms with Gasteiger partial charge in [0.15, 0.2) is 0 Å². The minimum absolute atomic E-state index is 0.0436. The minimum atomic E-state index is -0.230. The third kappa shape index (κ3) is 6.14. The Labute approximate surface area is 92.8 Å². The molecular weight excluding hydrogens is 188 g/mol. The van der Waals surface area contributed by atoms with Crippen LogP contribution in [0.2, 0.25) is 0 Å². The van der Waals surface area contributed by atoms with Crippen molar-refractivity contribution in [2.75, 3.05) is 6.54 Å². The lowest BCUT2D eigenvalue weighted by Gasteiger charge is -2.24. The van der Waals surface area contributed by atoms with Gasteiger partial charge in [-0.25, -0.2) is 0 Å². The van der Waals surface area contributed by atoms with E-state index in [0.29, 0.717) is 6.54 Å². The lowest BCUT2D eigenvalue weighted by atomic mass is 9.84. The molecule has 3 N–H and O–H groups in total.